The number of nitrogens with two attached hydrogens (primary N) is 1. The summed E-state index contributed by atoms with van der Waals surface area (Å²) in [6.45, 7) is 3.36. The van der Waals surface area contributed by atoms with Crippen LogP contribution in [0.15, 0.2) is 29.6 Å². The maximum Gasteiger partial charge on any atom is 0.161 e. The van der Waals surface area contributed by atoms with Gasteiger partial charge in [-0.3, -0.25) is 5.84 Å². The Kier molecular flexibility index (Phi) is 3.91. The molecular weight excluding hydrogens is 272 g/mol. The Balaban J connectivity index is 1.97. The molecule has 0 radical (unpaired) electrons. The maximum atomic E-state index is 5.78. The van der Waals surface area contributed by atoms with E-state index in [2.05, 4.69) is 23.8 Å². The molecule has 0 amide bonds. The van der Waals surface area contributed by atoms with Gasteiger partial charge in [-0.05, 0) is 41.1 Å². The van der Waals surface area contributed by atoms with E-state index in [1.807, 2.05) is 18.2 Å². The van der Waals surface area contributed by atoms with Crippen LogP contribution < -0.4 is 20.7 Å². The number of hydrogen-bond acceptors (Lipinski definition) is 5. The molecule has 1 aromatic carbocycles. The predicted molar refractivity (Wildman–Crippen MR) is 80.3 cm³/mol. The lowest BCUT2D eigenvalue weighted by Gasteiger charge is -2.22. The number of benzene rings is 1. The summed E-state index contributed by atoms with van der Waals surface area (Å²) < 4.78 is 11.2. The van der Waals surface area contributed by atoms with Gasteiger partial charge in [-0.1, -0.05) is 13.0 Å². The second-order valence-corrected chi connectivity index (χ2v) is 5.61. The Hall–Kier alpha value is -1.56. The summed E-state index contributed by atoms with van der Waals surface area (Å²) in [5.41, 5.74) is 5.33. The van der Waals surface area contributed by atoms with Crippen molar-refractivity contribution in [2.45, 2.75) is 19.4 Å². The van der Waals surface area contributed by atoms with Gasteiger partial charge in [0.05, 0.1) is 6.04 Å². The molecule has 1 aliphatic rings. The summed E-state index contributed by atoms with van der Waals surface area (Å²) in [7, 11) is 0. The van der Waals surface area contributed by atoms with Crippen molar-refractivity contribution in [3.05, 3.63) is 45.6 Å². The van der Waals surface area contributed by atoms with E-state index in [-0.39, 0.29) is 6.04 Å². The van der Waals surface area contributed by atoms with E-state index < -0.39 is 0 Å². The zero-order valence-electron chi connectivity index (χ0n) is 11.4. The van der Waals surface area contributed by atoms with Crippen molar-refractivity contribution < 1.29 is 9.47 Å². The molecule has 20 heavy (non-hydrogen) atoms. The predicted octanol–water partition coefficient (Wildman–Crippen LogP) is 2.63. The Morgan fingerprint density at radius 1 is 1.25 bits per heavy atom. The molecule has 2 heterocycles. The van der Waals surface area contributed by atoms with Gasteiger partial charge in [0.15, 0.2) is 11.5 Å². The molecule has 106 valence electrons. The summed E-state index contributed by atoms with van der Waals surface area (Å²) in [6, 6.07) is 8.14. The van der Waals surface area contributed by atoms with Crippen LogP contribution in [0.4, 0.5) is 0 Å². The van der Waals surface area contributed by atoms with Crippen LogP contribution in [0.2, 0.25) is 0 Å². The molecule has 5 heteroatoms. The highest BCUT2D eigenvalue weighted by atomic mass is 32.1. The van der Waals surface area contributed by atoms with Gasteiger partial charge in [-0.15, -0.1) is 11.3 Å². The number of hydrazine groups is 1. The first-order chi connectivity index (χ1) is 9.83. The molecule has 1 aromatic heterocycles. The molecule has 3 N–H and O–H groups in total. The lowest BCUT2D eigenvalue weighted by molar-refractivity contribution is 0.171. The lowest BCUT2D eigenvalue weighted by Crippen LogP contribution is -2.29. The summed E-state index contributed by atoms with van der Waals surface area (Å²) in [4.78, 5) is 1.26. The van der Waals surface area contributed by atoms with Crippen molar-refractivity contribution in [2.24, 2.45) is 5.84 Å². The third-order valence-corrected chi connectivity index (χ3v) is 4.51. The minimum Gasteiger partial charge on any atom is -0.486 e. The zero-order chi connectivity index (χ0) is 13.9. The monoisotopic (exact) mass is 290 g/mol. The Morgan fingerprint density at radius 3 is 2.80 bits per heavy atom. The summed E-state index contributed by atoms with van der Waals surface area (Å²) >= 11 is 1.72. The normalized spacial score (nSPS) is 15.1. The van der Waals surface area contributed by atoms with Crippen LogP contribution in [0.3, 0.4) is 0 Å². The number of rotatable bonds is 4. The van der Waals surface area contributed by atoms with E-state index >= 15 is 0 Å². The Bertz CT molecular complexity index is 597. The molecule has 1 aliphatic heterocycles. The van der Waals surface area contributed by atoms with Gasteiger partial charge in [-0.25, -0.2) is 5.43 Å². The summed E-state index contributed by atoms with van der Waals surface area (Å²) in [5.74, 6) is 7.38. The van der Waals surface area contributed by atoms with Crippen LogP contribution in [0, 0.1) is 0 Å². The van der Waals surface area contributed by atoms with E-state index in [0.29, 0.717) is 13.2 Å². The van der Waals surface area contributed by atoms with Gasteiger partial charge in [-0.2, -0.15) is 0 Å². The topological polar surface area (TPSA) is 56.5 Å². The van der Waals surface area contributed by atoms with Crippen LogP contribution in [-0.4, -0.2) is 13.2 Å². The van der Waals surface area contributed by atoms with Gasteiger partial charge in [0, 0.05) is 4.88 Å². The number of hydrogen-bond donors (Lipinski definition) is 2. The van der Waals surface area contributed by atoms with Crippen molar-refractivity contribution in [1.82, 2.24) is 5.43 Å². The first kappa shape index (κ1) is 13.4. The average Bonchev–Trinajstić information content (AvgIpc) is 2.96. The second-order valence-electron chi connectivity index (χ2n) is 4.67. The molecule has 1 atom stereocenters. The van der Waals surface area contributed by atoms with Crippen LogP contribution in [0.1, 0.15) is 29.0 Å². The quantitative estimate of drug-likeness (QED) is 0.671. The van der Waals surface area contributed by atoms with Crippen molar-refractivity contribution >= 4 is 11.3 Å². The number of aryl methyl sites for hydroxylation is 1. The highest BCUT2D eigenvalue weighted by molar-refractivity contribution is 7.10. The second kappa shape index (κ2) is 5.83. The van der Waals surface area contributed by atoms with Crippen LogP contribution in [0.25, 0.3) is 0 Å². The molecule has 0 saturated heterocycles. The van der Waals surface area contributed by atoms with Crippen LogP contribution >= 0.6 is 11.3 Å². The number of fused-ring (bicyclic) bond motifs is 1. The van der Waals surface area contributed by atoms with E-state index in [9.17, 15) is 0 Å². The Morgan fingerprint density at radius 2 is 2.05 bits per heavy atom. The standard InChI is InChI=1S/C15H18N2O2S/c1-2-10-5-8-20-15(10)14(17-16)11-3-4-12-13(9-11)19-7-6-18-12/h3-5,8-9,14,17H,2,6-7,16H2,1H3. The highest BCUT2D eigenvalue weighted by Crippen LogP contribution is 2.36. The number of ether oxygens (including phenoxy) is 2. The minimum atomic E-state index is -0.0132. The summed E-state index contributed by atoms with van der Waals surface area (Å²) in [6.07, 6.45) is 1.00. The molecule has 4 nitrogen and oxygen atoms in total. The molecule has 1 unspecified atom stereocenters. The van der Waals surface area contributed by atoms with E-state index in [1.165, 1.54) is 10.4 Å². The summed E-state index contributed by atoms with van der Waals surface area (Å²) in [5, 5.41) is 2.11. The van der Waals surface area contributed by atoms with Gasteiger partial charge < -0.3 is 9.47 Å². The molecular formula is C15H18N2O2S. The van der Waals surface area contributed by atoms with Gasteiger partial charge in [0.2, 0.25) is 0 Å². The van der Waals surface area contributed by atoms with Crippen LogP contribution in [0.5, 0.6) is 11.5 Å². The van der Waals surface area contributed by atoms with E-state index in [1.54, 1.807) is 11.3 Å². The van der Waals surface area contributed by atoms with Gasteiger partial charge in [0.1, 0.15) is 13.2 Å². The number of nitrogens with one attached hydrogen (secondary N) is 1. The highest BCUT2D eigenvalue weighted by Gasteiger charge is 2.20. The molecule has 3 rings (SSSR count). The third kappa shape index (κ3) is 2.40. The van der Waals surface area contributed by atoms with E-state index in [4.69, 9.17) is 15.3 Å². The maximum absolute atomic E-state index is 5.78. The number of thiophene rings is 1. The Labute approximate surface area is 122 Å². The molecule has 0 aliphatic carbocycles. The molecule has 0 spiro atoms. The average molecular weight is 290 g/mol. The molecule has 2 aromatic rings. The SMILES string of the molecule is CCc1ccsc1C(NN)c1ccc2c(c1)OCCO2. The van der Waals surface area contributed by atoms with Crippen molar-refractivity contribution in [3.8, 4) is 11.5 Å². The van der Waals surface area contributed by atoms with E-state index in [0.717, 1.165) is 23.5 Å². The fourth-order valence-electron chi connectivity index (χ4n) is 2.46. The fourth-order valence-corrected chi connectivity index (χ4v) is 3.54. The van der Waals surface area contributed by atoms with Crippen molar-refractivity contribution in [3.63, 3.8) is 0 Å². The zero-order valence-corrected chi connectivity index (χ0v) is 12.2. The molecule has 0 saturated carbocycles. The largest absolute Gasteiger partial charge is 0.486 e. The minimum absolute atomic E-state index is 0.0132. The first-order valence-electron chi connectivity index (χ1n) is 6.75. The van der Waals surface area contributed by atoms with Gasteiger partial charge >= 0.3 is 0 Å². The van der Waals surface area contributed by atoms with Gasteiger partial charge in [0.25, 0.3) is 0 Å². The van der Waals surface area contributed by atoms with Crippen molar-refractivity contribution in [1.29, 1.82) is 0 Å². The third-order valence-electron chi connectivity index (χ3n) is 3.49. The van der Waals surface area contributed by atoms with Crippen LogP contribution in [-0.2, 0) is 6.42 Å². The smallest absolute Gasteiger partial charge is 0.161 e. The molecule has 0 bridgehead atoms. The molecule has 0 fully saturated rings. The fraction of sp³-hybridized carbons (Fsp3) is 0.333. The first-order valence-corrected chi connectivity index (χ1v) is 7.63. The lowest BCUT2D eigenvalue weighted by atomic mass is 10.0. The van der Waals surface area contributed by atoms with Crippen molar-refractivity contribution in [2.75, 3.05) is 13.2 Å².